The molecule has 2 rings (SSSR count). The van der Waals surface area contributed by atoms with E-state index in [0.29, 0.717) is 22.0 Å². The Balaban J connectivity index is 2.40. The van der Waals surface area contributed by atoms with Crippen molar-refractivity contribution >= 4 is 33.0 Å². The first-order valence-electron chi connectivity index (χ1n) is 6.06. The molecule has 5 nitrogen and oxygen atoms in total. The molecule has 7 heteroatoms. The van der Waals surface area contributed by atoms with Crippen LogP contribution in [0.3, 0.4) is 0 Å². The van der Waals surface area contributed by atoms with E-state index in [0.717, 1.165) is 0 Å². The van der Waals surface area contributed by atoms with Gasteiger partial charge in [-0.2, -0.15) is 0 Å². The summed E-state index contributed by atoms with van der Waals surface area (Å²) in [4.78, 5) is 0.0666. The number of ether oxygens (including phenoxy) is 1. The van der Waals surface area contributed by atoms with Gasteiger partial charge in [-0.3, -0.25) is 4.72 Å². The van der Waals surface area contributed by atoms with Crippen LogP contribution in [0, 0.1) is 6.92 Å². The van der Waals surface area contributed by atoms with Crippen LogP contribution in [0.5, 0.6) is 5.75 Å². The van der Waals surface area contributed by atoms with Crippen LogP contribution >= 0.6 is 11.6 Å². The number of nitrogens with two attached hydrogens (primary N) is 1. The number of anilines is 2. The molecule has 2 aromatic carbocycles. The first kappa shape index (κ1) is 15.5. The fourth-order valence-electron chi connectivity index (χ4n) is 1.98. The van der Waals surface area contributed by atoms with Gasteiger partial charge in [0, 0.05) is 0 Å². The molecule has 0 spiro atoms. The number of methoxy groups -OCH3 is 1. The number of hydrogen-bond donors (Lipinski definition) is 2. The molecule has 0 aliphatic heterocycles. The Kier molecular flexibility index (Phi) is 4.29. The van der Waals surface area contributed by atoms with Crippen molar-refractivity contribution in [2.75, 3.05) is 17.6 Å². The third kappa shape index (κ3) is 3.22. The van der Waals surface area contributed by atoms with Gasteiger partial charge in [-0.15, -0.1) is 0 Å². The summed E-state index contributed by atoms with van der Waals surface area (Å²) in [6.45, 7) is 1.69. The zero-order chi connectivity index (χ0) is 15.6. The van der Waals surface area contributed by atoms with Crippen LogP contribution in [0.15, 0.2) is 41.3 Å². The van der Waals surface area contributed by atoms with Gasteiger partial charge in [0.05, 0.1) is 23.5 Å². The van der Waals surface area contributed by atoms with E-state index in [4.69, 9.17) is 22.1 Å². The lowest BCUT2D eigenvalue weighted by Gasteiger charge is -2.13. The van der Waals surface area contributed by atoms with Gasteiger partial charge in [0.2, 0.25) is 0 Å². The number of rotatable bonds is 4. The largest absolute Gasteiger partial charge is 0.495 e. The van der Waals surface area contributed by atoms with Crippen molar-refractivity contribution < 1.29 is 13.2 Å². The zero-order valence-electron chi connectivity index (χ0n) is 11.6. The Morgan fingerprint density at radius 3 is 2.52 bits per heavy atom. The highest BCUT2D eigenvalue weighted by atomic mass is 35.5. The molecule has 0 saturated carbocycles. The van der Waals surface area contributed by atoms with Crippen molar-refractivity contribution in [2.45, 2.75) is 11.8 Å². The molecule has 0 fully saturated rings. The highest BCUT2D eigenvalue weighted by Gasteiger charge is 2.20. The van der Waals surface area contributed by atoms with Crippen molar-refractivity contribution in [3.63, 3.8) is 0 Å². The molecular weight excluding hydrogens is 312 g/mol. The van der Waals surface area contributed by atoms with E-state index in [1.54, 1.807) is 37.3 Å². The van der Waals surface area contributed by atoms with Crippen LogP contribution in [0.4, 0.5) is 11.4 Å². The highest BCUT2D eigenvalue weighted by molar-refractivity contribution is 7.93. The second kappa shape index (κ2) is 5.83. The molecule has 112 valence electrons. The van der Waals surface area contributed by atoms with Gasteiger partial charge in [0.25, 0.3) is 10.0 Å². The van der Waals surface area contributed by atoms with E-state index in [1.165, 1.54) is 13.2 Å². The lowest BCUT2D eigenvalue weighted by Crippen LogP contribution is -2.16. The third-order valence-corrected chi connectivity index (χ3v) is 4.81. The summed E-state index contributed by atoms with van der Waals surface area (Å²) in [6.07, 6.45) is 0. The monoisotopic (exact) mass is 326 g/mol. The minimum Gasteiger partial charge on any atom is -0.495 e. The van der Waals surface area contributed by atoms with Crippen LogP contribution in [-0.4, -0.2) is 15.5 Å². The molecule has 21 heavy (non-hydrogen) atoms. The zero-order valence-corrected chi connectivity index (χ0v) is 13.1. The summed E-state index contributed by atoms with van der Waals surface area (Å²) in [6, 6.07) is 9.56. The van der Waals surface area contributed by atoms with E-state index in [-0.39, 0.29) is 10.6 Å². The SMILES string of the molecule is COc1ccc(NS(=O)(=O)c2c(C)cccc2N)cc1Cl. The smallest absolute Gasteiger partial charge is 0.264 e. The summed E-state index contributed by atoms with van der Waals surface area (Å²) >= 11 is 5.98. The second-order valence-electron chi connectivity index (χ2n) is 4.45. The highest BCUT2D eigenvalue weighted by Crippen LogP contribution is 2.30. The molecule has 0 amide bonds. The average molecular weight is 327 g/mol. The Morgan fingerprint density at radius 1 is 1.24 bits per heavy atom. The maximum Gasteiger partial charge on any atom is 0.264 e. The molecule has 0 heterocycles. The van der Waals surface area contributed by atoms with Crippen molar-refractivity contribution in [1.82, 2.24) is 0 Å². The Labute approximate surface area is 128 Å². The van der Waals surface area contributed by atoms with E-state index < -0.39 is 10.0 Å². The number of aryl methyl sites for hydroxylation is 1. The molecule has 0 atom stereocenters. The van der Waals surface area contributed by atoms with Crippen LogP contribution < -0.4 is 15.2 Å². The van der Waals surface area contributed by atoms with Gasteiger partial charge >= 0.3 is 0 Å². The van der Waals surface area contributed by atoms with Crippen molar-refractivity contribution in [3.8, 4) is 5.75 Å². The Morgan fingerprint density at radius 2 is 1.95 bits per heavy atom. The molecule has 2 aromatic rings. The standard InChI is InChI=1S/C14H15ClN2O3S/c1-9-4-3-5-12(16)14(9)21(18,19)17-10-6-7-13(20-2)11(15)8-10/h3-8,17H,16H2,1-2H3. The predicted molar refractivity (Wildman–Crippen MR) is 84.4 cm³/mol. The summed E-state index contributed by atoms with van der Waals surface area (Å²) in [5, 5.41) is 0.315. The number of benzene rings is 2. The lowest BCUT2D eigenvalue weighted by atomic mass is 10.2. The summed E-state index contributed by atoms with van der Waals surface area (Å²) in [5.41, 5.74) is 6.88. The Bertz CT molecular complexity index is 756. The van der Waals surface area contributed by atoms with E-state index in [1.807, 2.05) is 0 Å². The molecule has 0 aliphatic carbocycles. The van der Waals surface area contributed by atoms with Gasteiger partial charge in [-0.1, -0.05) is 23.7 Å². The fourth-order valence-corrected chi connectivity index (χ4v) is 3.65. The summed E-state index contributed by atoms with van der Waals surface area (Å²) in [7, 11) is -2.30. The first-order chi connectivity index (χ1) is 9.85. The lowest BCUT2D eigenvalue weighted by molar-refractivity contribution is 0.415. The molecule has 0 aliphatic rings. The number of hydrogen-bond acceptors (Lipinski definition) is 4. The minimum absolute atomic E-state index is 0.0666. The van der Waals surface area contributed by atoms with Gasteiger partial charge < -0.3 is 10.5 Å². The van der Waals surface area contributed by atoms with Crippen molar-refractivity contribution in [1.29, 1.82) is 0 Å². The Hall–Kier alpha value is -1.92. The minimum atomic E-state index is -3.79. The number of nitrogen functional groups attached to an aromatic ring is 1. The predicted octanol–water partition coefficient (Wildman–Crippen LogP) is 3.04. The molecule has 0 unspecified atom stereocenters. The van der Waals surface area contributed by atoms with Crippen LogP contribution in [0.1, 0.15) is 5.56 Å². The normalized spacial score (nSPS) is 11.2. The second-order valence-corrected chi connectivity index (χ2v) is 6.47. The fraction of sp³-hybridized carbons (Fsp3) is 0.143. The van der Waals surface area contributed by atoms with E-state index in [9.17, 15) is 8.42 Å². The maximum absolute atomic E-state index is 12.4. The maximum atomic E-state index is 12.4. The first-order valence-corrected chi connectivity index (χ1v) is 7.92. The van der Waals surface area contributed by atoms with Gasteiger partial charge in [0.1, 0.15) is 10.6 Å². The van der Waals surface area contributed by atoms with Crippen LogP contribution in [-0.2, 0) is 10.0 Å². The number of sulfonamides is 1. The van der Waals surface area contributed by atoms with Gasteiger partial charge in [-0.25, -0.2) is 8.42 Å². The summed E-state index contributed by atoms with van der Waals surface area (Å²) in [5.74, 6) is 0.468. The molecular formula is C14H15ClN2O3S. The average Bonchev–Trinajstić information content (AvgIpc) is 2.37. The molecule has 0 saturated heterocycles. The quantitative estimate of drug-likeness (QED) is 0.846. The topological polar surface area (TPSA) is 81.4 Å². The van der Waals surface area contributed by atoms with E-state index >= 15 is 0 Å². The van der Waals surface area contributed by atoms with E-state index in [2.05, 4.69) is 4.72 Å². The summed E-state index contributed by atoms with van der Waals surface area (Å²) < 4.78 is 32.4. The third-order valence-electron chi connectivity index (χ3n) is 2.92. The molecule has 0 bridgehead atoms. The number of halogens is 1. The molecule has 3 N–H and O–H groups in total. The number of nitrogens with one attached hydrogen (secondary N) is 1. The van der Waals surface area contributed by atoms with Crippen LogP contribution in [0.2, 0.25) is 5.02 Å². The van der Waals surface area contributed by atoms with Crippen molar-refractivity contribution in [3.05, 3.63) is 47.0 Å². The van der Waals surface area contributed by atoms with Gasteiger partial charge in [-0.05, 0) is 36.8 Å². The van der Waals surface area contributed by atoms with Crippen molar-refractivity contribution in [2.24, 2.45) is 0 Å². The van der Waals surface area contributed by atoms with Gasteiger partial charge in [0.15, 0.2) is 0 Å². The van der Waals surface area contributed by atoms with Crippen LogP contribution in [0.25, 0.3) is 0 Å². The molecule has 0 radical (unpaired) electrons. The molecule has 0 aromatic heterocycles.